The number of carboxylic acids is 2. The molecule has 1 aromatic rings. The van der Waals surface area contributed by atoms with Crippen LogP contribution in [0.5, 0.6) is 0 Å². The minimum atomic E-state index is -1.08. The molecule has 0 radical (unpaired) electrons. The number of allylic oxidation sites excluding steroid dienone is 2. The molecule has 10 heteroatoms. The van der Waals surface area contributed by atoms with Crippen LogP contribution in [-0.2, 0) is 9.59 Å². The van der Waals surface area contributed by atoms with Gasteiger partial charge in [0.1, 0.15) is 0 Å². The molecule has 0 saturated carbocycles. The molecule has 0 unspecified atom stereocenters. The second-order valence-corrected chi connectivity index (χ2v) is 6.60. The monoisotopic (exact) mass is 390 g/mol. The van der Waals surface area contributed by atoms with Crippen molar-refractivity contribution in [2.24, 2.45) is 5.41 Å². The van der Waals surface area contributed by atoms with Crippen LogP contribution in [0.2, 0.25) is 0 Å². The van der Waals surface area contributed by atoms with E-state index in [1.807, 2.05) is 4.90 Å². The quantitative estimate of drug-likeness (QED) is 0.513. The van der Waals surface area contributed by atoms with Gasteiger partial charge in [0.15, 0.2) is 0 Å². The first-order valence-electron chi connectivity index (χ1n) is 8.65. The smallest absolute Gasteiger partial charge is 0.331 e. The molecule has 150 valence electrons. The van der Waals surface area contributed by atoms with Gasteiger partial charge in [0.05, 0.1) is 10.3 Å². The van der Waals surface area contributed by atoms with E-state index in [1.165, 1.54) is 31.2 Å². The molecule has 0 aromatic carbocycles. The predicted octanol–water partition coefficient (Wildman–Crippen LogP) is 1.45. The van der Waals surface area contributed by atoms with E-state index in [1.54, 1.807) is 12.3 Å². The Balaban J connectivity index is 0.000000203. The number of nitrogens with zero attached hydrogens (tertiary/aromatic N) is 3. The van der Waals surface area contributed by atoms with Crippen LogP contribution in [0.1, 0.15) is 13.3 Å². The molecule has 0 spiro atoms. The molecule has 0 amide bonds. The van der Waals surface area contributed by atoms with Crippen LogP contribution in [0.25, 0.3) is 0 Å². The lowest BCUT2D eigenvalue weighted by molar-refractivity contribution is -0.384. The summed E-state index contributed by atoms with van der Waals surface area (Å²) in [6.07, 6.45) is 6.02. The highest BCUT2D eigenvalue weighted by atomic mass is 16.6. The minimum Gasteiger partial charge on any atom is -0.481 e. The van der Waals surface area contributed by atoms with Crippen LogP contribution >= 0.6 is 0 Å². The lowest BCUT2D eigenvalue weighted by Crippen LogP contribution is -2.44. The van der Waals surface area contributed by atoms with E-state index in [9.17, 15) is 19.7 Å². The van der Waals surface area contributed by atoms with Gasteiger partial charge in [-0.1, -0.05) is 18.2 Å². The second kappa shape index (κ2) is 9.09. The number of pyridine rings is 1. The molecule has 1 saturated heterocycles. The van der Waals surface area contributed by atoms with Gasteiger partial charge in [-0.05, 0) is 19.4 Å². The molecule has 10 nitrogen and oxygen atoms in total. The van der Waals surface area contributed by atoms with E-state index in [-0.39, 0.29) is 22.6 Å². The third-order valence-electron chi connectivity index (χ3n) is 4.46. The average Bonchev–Trinajstić information content (AvgIpc) is 2.69. The van der Waals surface area contributed by atoms with Crippen molar-refractivity contribution in [1.29, 1.82) is 0 Å². The molecule has 1 aliphatic carbocycles. The van der Waals surface area contributed by atoms with Crippen LogP contribution in [0.3, 0.4) is 0 Å². The van der Waals surface area contributed by atoms with Crippen molar-refractivity contribution in [1.82, 2.24) is 10.3 Å². The minimum absolute atomic E-state index is 0.0359. The molecule has 2 heterocycles. The van der Waals surface area contributed by atoms with Gasteiger partial charge in [0, 0.05) is 44.0 Å². The number of piperazine rings is 1. The van der Waals surface area contributed by atoms with Gasteiger partial charge in [-0.2, -0.15) is 0 Å². The number of anilines is 1. The predicted molar refractivity (Wildman–Crippen MR) is 101 cm³/mol. The Morgan fingerprint density at radius 1 is 1.32 bits per heavy atom. The fourth-order valence-corrected chi connectivity index (χ4v) is 2.84. The lowest BCUT2D eigenvalue weighted by atomic mass is 9.80. The van der Waals surface area contributed by atoms with Gasteiger partial charge in [0.25, 0.3) is 0 Å². The molecular weight excluding hydrogens is 368 g/mol. The van der Waals surface area contributed by atoms with Crippen LogP contribution in [0.15, 0.2) is 42.1 Å². The standard InChI is InChI=1S/C9H12N4O2.C9H10O4/c14-13(15)8-2-1-3-11-9(8)12-6-4-10-5-7-12;1-9(8(12)13)4-2-3-6(5-9)7(10)11/h1-3,10H,4-7H2;2-4H,5H2,1H3,(H,10,11)(H,12,13)/t;9-/m.0/s1. The van der Waals surface area contributed by atoms with E-state index in [2.05, 4.69) is 10.3 Å². The van der Waals surface area contributed by atoms with E-state index >= 15 is 0 Å². The highest BCUT2D eigenvalue weighted by Crippen LogP contribution is 2.31. The zero-order valence-electron chi connectivity index (χ0n) is 15.4. The van der Waals surface area contributed by atoms with Gasteiger partial charge in [-0.25, -0.2) is 9.78 Å². The summed E-state index contributed by atoms with van der Waals surface area (Å²) in [7, 11) is 0. The summed E-state index contributed by atoms with van der Waals surface area (Å²) in [4.78, 5) is 37.8. The Bertz CT molecular complexity index is 816. The van der Waals surface area contributed by atoms with Crippen molar-refractivity contribution in [2.45, 2.75) is 13.3 Å². The van der Waals surface area contributed by atoms with E-state index in [4.69, 9.17) is 10.2 Å². The summed E-state index contributed by atoms with van der Waals surface area (Å²) >= 11 is 0. The zero-order valence-corrected chi connectivity index (χ0v) is 15.4. The molecule has 3 N–H and O–H groups in total. The number of carboxylic acid groups (broad SMARTS) is 2. The molecule has 2 aliphatic rings. The van der Waals surface area contributed by atoms with Crippen molar-refractivity contribution in [2.75, 3.05) is 31.1 Å². The van der Waals surface area contributed by atoms with Crippen molar-refractivity contribution >= 4 is 23.4 Å². The molecular formula is C18H22N4O6. The van der Waals surface area contributed by atoms with Gasteiger partial charge in [0.2, 0.25) is 5.82 Å². The van der Waals surface area contributed by atoms with E-state index < -0.39 is 17.4 Å². The normalized spacial score (nSPS) is 21.2. The van der Waals surface area contributed by atoms with E-state index in [0.29, 0.717) is 5.82 Å². The fourth-order valence-electron chi connectivity index (χ4n) is 2.84. The average molecular weight is 390 g/mol. The van der Waals surface area contributed by atoms with Gasteiger partial charge < -0.3 is 20.4 Å². The zero-order chi connectivity index (χ0) is 20.7. The van der Waals surface area contributed by atoms with Crippen LogP contribution in [-0.4, -0.2) is 58.2 Å². The van der Waals surface area contributed by atoms with E-state index in [0.717, 1.165) is 26.2 Å². The maximum atomic E-state index is 10.8. The number of carbonyl (C=O) groups is 2. The molecule has 1 aliphatic heterocycles. The topological polar surface area (TPSA) is 146 Å². The summed E-state index contributed by atoms with van der Waals surface area (Å²) in [5, 5.41) is 31.5. The number of hydrogen-bond donors (Lipinski definition) is 3. The summed E-state index contributed by atoms with van der Waals surface area (Å²) in [5.41, 5.74) is -0.866. The maximum Gasteiger partial charge on any atom is 0.331 e. The molecule has 0 bridgehead atoms. The summed E-state index contributed by atoms with van der Waals surface area (Å²) in [6, 6.07) is 3.08. The number of hydrogen-bond acceptors (Lipinski definition) is 7. The second-order valence-electron chi connectivity index (χ2n) is 6.60. The van der Waals surface area contributed by atoms with Gasteiger partial charge in [-0.15, -0.1) is 0 Å². The molecule has 3 rings (SSSR count). The highest BCUT2D eigenvalue weighted by Gasteiger charge is 2.34. The molecule has 1 atom stereocenters. The summed E-state index contributed by atoms with van der Waals surface area (Å²) in [6.45, 7) is 4.71. The first-order chi connectivity index (χ1) is 13.2. The van der Waals surface area contributed by atoms with Crippen molar-refractivity contribution in [3.8, 4) is 0 Å². The lowest BCUT2D eigenvalue weighted by Gasteiger charge is -2.27. The third-order valence-corrected chi connectivity index (χ3v) is 4.46. The van der Waals surface area contributed by atoms with Crippen molar-refractivity contribution < 1.29 is 24.7 Å². The van der Waals surface area contributed by atoms with Crippen LogP contribution < -0.4 is 10.2 Å². The Hall–Kier alpha value is -3.27. The van der Waals surface area contributed by atoms with Crippen molar-refractivity contribution in [3.05, 3.63) is 52.2 Å². The summed E-state index contributed by atoms with van der Waals surface area (Å²) < 4.78 is 0. The third kappa shape index (κ3) is 5.13. The Kier molecular flexibility index (Phi) is 6.83. The van der Waals surface area contributed by atoms with Crippen LogP contribution in [0.4, 0.5) is 11.5 Å². The SMILES string of the molecule is C[C@]1(C(=O)O)C=CC=C(C(=O)O)C1.O=[N+]([O-])c1cccnc1N1CCNCC1. The van der Waals surface area contributed by atoms with Crippen molar-refractivity contribution in [3.63, 3.8) is 0 Å². The Labute approximate surface area is 161 Å². The van der Waals surface area contributed by atoms with Gasteiger partial charge >= 0.3 is 17.6 Å². The van der Waals surface area contributed by atoms with Gasteiger partial charge in [-0.3, -0.25) is 14.9 Å². The highest BCUT2D eigenvalue weighted by molar-refractivity contribution is 5.90. The van der Waals surface area contributed by atoms with Crippen LogP contribution in [0, 0.1) is 15.5 Å². The molecule has 28 heavy (non-hydrogen) atoms. The maximum absolute atomic E-state index is 10.8. The number of aromatic nitrogens is 1. The Morgan fingerprint density at radius 3 is 2.57 bits per heavy atom. The summed E-state index contributed by atoms with van der Waals surface area (Å²) in [5.74, 6) is -1.59. The number of nitro groups is 1. The molecule has 1 fully saturated rings. The molecule has 1 aromatic heterocycles. The number of nitrogens with one attached hydrogen (secondary N) is 1. The first kappa shape index (κ1) is 21.0. The number of aliphatic carboxylic acids is 2. The first-order valence-corrected chi connectivity index (χ1v) is 8.65. The largest absolute Gasteiger partial charge is 0.481 e. The fraction of sp³-hybridized carbons (Fsp3) is 0.389. The Morgan fingerprint density at radius 2 is 2.00 bits per heavy atom. The number of rotatable bonds is 4.